The molecule has 116 valence electrons. The van der Waals surface area contributed by atoms with E-state index in [0.29, 0.717) is 17.5 Å². The third-order valence-corrected chi connectivity index (χ3v) is 4.89. The molecule has 0 radical (unpaired) electrons. The van der Waals surface area contributed by atoms with Crippen molar-refractivity contribution in [2.45, 2.75) is 25.2 Å². The molecule has 1 aromatic rings. The smallest absolute Gasteiger partial charge is 0.293 e. The molecule has 0 amide bonds. The lowest BCUT2D eigenvalue weighted by Crippen LogP contribution is -2.39. The van der Waals surface area contributed by atoms with Gasteiger partial charge in [0.1, 0.15) is 5.69 Å². The van der Waals surface area contributed by atoms with Crippen LogP contribution < -0.4 is 4.90 Å². The molecule has 0 aliphatic carbocycles. The Morgan fingerprint density at radius 2 is 1.81 bits per heavy atom. The second-order valence-electron chi connectivity index (χ2n) is 6.03. The zero-order chi connectivity index (χ0) is 15.8. The van der Waals surface area contributed by atoms with Gasteiger partial charge in [-0.15, -0.1) is 0 Å². The van der Waals surface area contributed by atoms with Crippen LogP contribution in [0.5, 0.6) is 0 Å². The number of sulfone groups is 1. The quantitative estimate of drug-likeness (QED) is 0.632. The highest BCUT2D eigenvalue weighted by Crippen LogP contribution is 2.34. The van der Waals surface area contributed by atoms with E-state index in [-0.39, 0.29) is 10.6 Å². The number of anilines is 1. The van der Waals surface area contributed by atoms with E-state index < -0.39 is 14.8 Å². The Hall–Kier alpha value is -1.63. The van der Waals surface area contributed by atoms with Crippen molar-refractivity contribution >= 4 is 21.2 Å². The Morgan fingerprint density at radius 3 is 2.29 bits per heavy atom. The third kappa shape index (κ3) is 3.53. The van der Waals surface area contributed by atoms with Gasteiger partial charge in [0.15, 0.2) is 9.84 Å². The molecule has 0 bridgehead atoms. The molecule has 2 rings (SSSR count). The number of nitro groups is 1. The summed E-state index contributed by atoms with van der Waals surface area (Å²) in [5, 5.41) is 11.3. The van der Waals surface area contributed by atoms with E-state index in [2.05, 4.69) is 13.8 Å². The second kappa shape index (κ2) is 5.63. The molecule has 2 atom stereocenters. The fourth-order valence-electron chi connectivity index (χ4n) is 3.01. The average molecular weight is 312 g/mol. The van der Waals surface area contributed by atoms with Gasteiger partial charge in [0.05, 0.1) is 9.82 Å². The molecule has 7 heteroatoms. The van der Waals surface area contributed by atoms with Gasteiger partial charge in [-0.1, -0.05) is 13.8 Å². The number of nitrogens with zero attached hydrogens (tertiary/aromatic N) is 2. The highest BCUT2D eigenvalue weighted by molar-refractivity contribution is 7.90. The lowest BCUT2D eigenvalue weighted by atomic mass is 9.91. The summed E-state index contributed by atoms with van der Waals surface area (Å²) in [6, 6.07) is 4.16. The number of piperidine rings is 1. The summed E-state index contributed by atoms with van der Waals surface area (Å²) in [4.78, 5) is 12.8. The van der Waals surface area contributed by atoms with Crippen LogP contribution in [0.15, 0.2) is 23.1 Å². The normalized spacial score (nSPS) is 23.1. The summed E-state index contributed by atoms with van der Waals surface area (Å²) in [5.41, 5.74) is 0.366. The lowest BCUT2D eigenvalue weighted by Gasteiger charge is -2.36. The minimum absolute atomic E-state index is 0.0175. The van der Waals surface area contributed by atoms with E-state index >= 15 is 0 Å². The molecule has 0 unspecified atom stereocenters. The van der Waals surface area contributed by atoms with Crippen molar-refractivity contribution in [2.24, 2.45) is 11.8 Å². The van der Waals surface area contributed by atoms with Crippen molar-refractivity contribution in [1.82, 2.24) is 0 Å². The van der Waals surface area contributed by atoms with Gasteiger partial charge in [0, 0.05) is 25.4 Å². The van der Waals surface area contributed by atoms with Crippen molar-refractivity contribution in [3.05, 3.63) is 28.3 Å². The lowest BCUT2D eigenvalue weighted by molar-refractivity contribution is -0.384. The molecule has 0 aromatic heterocycles. The number of hydrogen-bond acceptors (Lipinski definition) is 5. The van der Waals surface area contributed by atoms with Crippen LogP contribution in [0.3, 0.4) is 0 Å². The predicted molar refractivity (Wildman–Crippen MR) is 81.4 cm³/mol. The second-order valence-corrected chi connectivity index (χ2v) is 8.05. The minimum atomic E-state index is -3.45. The molecular formula is C14H20N2O4S. The highest BCUT2D eigenvalue weighted by Gasteiger charge is 2.28. The first-order valence-corrected chi connectivity index (χ1v) is 8.81. The molecule has 0 N–H and O–H groups in total. The van der Waals surface area contributed by atoms with Gasteiger partial charge in [-0.05, 0) is 30.4 Å². The maximum Gasteiger partial charge on any atom is 0.293 e. The molecule has 1 aliphatic heterocycles. The van der Waals surface area contributed by atoms with Crippen molar-refractivity contribution in [2.75, 3.05) is 24.2 Å². The van der Waals surface area contributed by atoms with E-state index in [1.54, 1.807) is 6.07 Å². The molecule has 1 saturated heterocycles. The first kappa shape index (κ1) is 15.8. The average Bonchev–Trinajstić information content (AvgIpc) is 2.35. The van der Waals surface area contributed by atoms with Gasteiger partial charge < -0.3 is 4.90 Å². The van der Waals surface area contributed by atoms with Crippen LogP contribution in [0.4, 0.5) is 11.4 Å². The van der Waals surface area contributed by atoms with Crippen LogP contribution >= 0.6 is 0 Å². The molecule has 6 nitrogen and oxygen atoms in total. The summed E-state index contributed by atoms with van der Waals surface area (Å²) in [6.07, 6.45) is 2.16. The van der Waals surface area contributed by atoms with E-state index in [9.17, 15) is 18.5 Å². The van der Waals surface area contributed by atoms with E-state index in [1.165, 1.54) is 6.07 Å². The highest BCUT2D eigenvalue weighted by atomic mass is 32.2. The Labute approximate surface area is 124 Å². The van der Waals surface area contributed by atoms with Crippen LogP contribution in [0.1, 0.15) is 20.3 Å². The molecule has 1 aliphatic rings. The monoisotopic (exact) mass is 312 g/mol. The molecule has 0 spiro atoms. The van der Waals surface area contributed by atoms with E-state index in [0.717, 1.165) is 31.8 Å². The van der Waals surface area contributed by atoms with Gasteiger partial charge in [0.25, 0.3) is 5.69 Å². The number of rotatable bonds is 3. The summed E-state index contributed by atoms with van der Waals surface area (Å²) < 4.78 is 23.1. The Morgan fingerprint density at radius 1 is 1.24 bits per heavy atom. The first-order valence-electron chi connectivity index (χ1n) is 6.92. The van der Waals surface area contributed by atoms with Crippen molar-refractivity contribution in [1.29, 1.82) is 0 Å². The van der Waals surface area contributed by atoms with Gasteiger partial charge in [-0.25, -0.2) is 8.42 Å². The van der Waals surface area contributed by atoms with Crippen molar-refractivity contribution < 1.29 is 13.3 Å². The number of hydrogen-bond donors (Lipinski definition) is 0. The van der Waals surface area contributed by atoms with Gasteiger partial charge in [0.2, 0.25) is 0 Å². The fourth-order valence-corrected chi connectivity index (χ4v) is 3.65. The van der Waals surface area contributed by atoms with E-state index in [4.69, 9.17) is 0 Å². The van der Waals surface area contributed by atoms with Crippen LogP contribution in [-0.4, -0.2) is 32.7 Å². The Balaban J connectivity index is 2.46. The number of benzene rings is 1. The van der Waals surface area contributed by atoms with Crippen LogP contribution in [0, 0.1) is 22.0 Å². The van der Waals surface area contributed by atoms with Crippen molar-refractivity contribution in [3.8, 4) is 0 Å². The van der Waals surface area contributed by atoms with E-state index in [1.807, 2.05) is 4.90 Å². The number of nitro benzene ring substituents is 1. The molecule has 0 saturated carbocycles. The van der Waals surface area contributed by atoms with Crippen LogP contribution in [-0.2, 0) is 9.84 Å². The van der Waals surface area contributed by atoms with Crippen LogP contribution in [0.2, 0.25) is 0 Å². The summed E-state index contributed by atoms with van der Waals surface area (Å²) >= 11 is 0. The maximum atomic E-state index is 11.6. The Kier molecular flexibility index (Phi) is 4.22. The Bertz CT molecular complexity index is 647. The van der Waals surface area contributed by atoms with Gasteiger partial charge in [-0.3, -0.25) is 10.1 Å². The topological polar surface area (TPSA) is 80.5 Å². The largest absolute Gasteiger partial charge is 0.365 e. The SMILES string of the molecule is C[C@@H]1C[C@@H](C)CN(c2ccc(S(C)(=O)=O)cc2[N+](=O)[O-])C1. The molecule has 1 aromatic carbocycles. The maximum absolute atomic E-state index is 11.6. The molecule has 21 heavy (non-hydrogen) atoms. The summed E-state index contributed by atoms with van der Waals surface area (Å²) in [5.74, 6) is 0.922. The molecular weight excluding hydrogens is 292 g/mol. The minimum Gasteiger partial charge on any atom is -0.365 e. The van der Waals surface area contributed by atoms with Gasteiger partial charge in [-0.2, -0.15) is 0 Å². The van der Waals surface area contributed by atoms with Crippen LogP contribution in [0.25, 0.3) is 0 Å². The molecule has 1 fully saturated rings. The fraction of sp³-hybridized carbons (Fsp3) is 0.571. The third-order valence-electron chi connectivity index (χ3n) is 3.78. The summed E-state index contributed by atoms with van der Waals surface area (Å²) in [6.45, 7) is 5.76. The first-order chi connectivity index (χ1) is 9.68. The van der Waals surface area contributed by atoms with Gasteiger partial charge >= 0.3 is 0 Å². The zero-order valence-electron chi connectivity index (χ0n) is 12.4. The predicted octanol–water partition coefficient (Wildman–Crippen LogP) is 2.48. The zero-order valence-corrected chi connectivity index (χ0v) is 13.3. The molecule has 1 heterocycles. The van der Waals surface area contributed by atoms with Crippen molar-refractivity contribution in [3.63, 3.8) is 0 Å². The summed E-state index contributed by atoms with van der Waals surface area (Å²) in [7, 11) is -3.45. The standard InChI is InChI=1S/C14H20N2O4S/c1-10-6-11(2)9-15(8-10)13-5-4-12(21(3,19)20)7-14(13)16(17)18/h4-5,7,10-11H,6,8-9H2,1-3H3/t10-,11-/m1/s1.